The topological polar surface area (TPSA) is 64.0 Å². The molecule has 2 heterocycles. The molecule has 2 unspecified atom stereocenters. The van der Waals surface area contributed by atoms with Gasteiger partial charge in [-0.3, -0.25) is 9.69 Å². The van der Waals surface area contributed by atoms with Crippen LogP contribution in [0, 0.1) is 0 Å². The van der Waals surface area contributed by atoms with Crippen molar-refractivity contribution in [2.24, 2.45) is 0 Å². The summed E-state index contributed by atoms with van der Waals surface area (Å²) in [5.41, 5.74) is 1.61. The van der Waals surface area contributed by atoms with Crippen LogP contribution < -0.4 is 0 Å². The third kappa shape index (κ3) is 3.43. The lowest BCUT2D eigenvalue weighted by Crippen LogP contribution is -2.51. The van der Waals surface area contributed by atoms with Gasteiger partial charge >= 0.3 is 0 Å². The lowest BCUT2D eigenvalue weighted by Gasteiger charge is -2.43. The van der Waals surface area contributed by atoms with Crippen molar-refractivity contribution < 1.29 is 15.0 Å². The fourth-order valence-electron chi connectivity index (χ4n) is 5.15. The van der Waals surface area contributed by atoms with Crippen molar-refractivity contribution in [3.05, 3.63) is 83.4 Å². The van der Waals surface area contributed by atoms with Crippen molar-refractivity contribution in [3.8, 4) is 0 Å². The summed E-state index contributed by atoms with van der Waals surface area (Å²) in [4.78, 5) is 17.1. The molecule has 0 bridgehead atoms. The van der Waals surface area contributed by atoms with Crippen LogP contribution >= 0.6 is 0 Å². The molecule has 5 heteroatoms. The van der Waals surface area contributed by atoms with Crippen molar-refractivity contribution in [2.75, 3.05) is 19.6 Å². The van der Waals surface area contributed by atoms with E-state index in [0.29, 0.717) is 24.9 Å². The molecule has 0 radical (unpaired) electrons. The van der Waals surface area contributed by atoms with E-state index in [4.69, 9.17) is 0 Å². The molecule has 5 rings (SSSR count). The molecular formula is C26H28N2O3. The van der Waals surface area contributed by atoms with E-state index in [1.54, 1.807) is 4.90 Å². The zero-order valence-electron chi connectivity index (χ0n) is 17.7. The van der Waals surface area contributed by atoms with Crippen LogP contribution in [0.2, 0.25) is 0 Å². The van der Waals surface area contributed by atoms with Crippen LogP contribution in [0.1, 0.15) is 47.5 Å². The number of carbonyl (C=O) groups excluding carboxylic acids is 1. The van der Waals surface area contributed by atoms with Gasteiger partial charge in [-0.05, 0) is 36.8 Å². The molecule has 5 nitrogen and oxygen atoms in total. The second-order valence-corrected chi connectivity index (χ2v) is 8.86. The Labute approximate surface area is 182 Å². The smallest absolute Gasteiger partial charge is 0.256 e. The molecule has 0 spiro atoms. The third-order valence-electron chi connectivity index (χ3n) is 7.02. The first-order valence-corrected chi connectivity index (χ1v) is 11.0. The fraction of sp³-hybridized carbons (Fsp3) is 0.346. The van der Waals surface area contributed by atoms with E-state index in [-0.39, 0.29) is 11.9 Å². The summed E-state index contributed by atoms with van der Waals surface area (Å²) in [5.74, 6) is -0.124. The number of nitrogens with zero attached hydrogens (tertiary/aromatic N) is 2. The monoisotopic (exact) mass is 416 g/mol. The maximum absolute atomic E-state index is 13.2. The Morgan fingerprint density at radius 2 is 1.68 bits per heavy atom. The molecule has 1 amide bonds. The third-order valence-corrected chi connectivity index (χ3v) is 7.02. The zero-order chi connectivity index (χ0) is 21.6. The molecule has 3 aromatic rings. The molecule has 2 atom stereocenters. The minimum Gasteiger partial charge on any atom is -0.385 e. The Morgan fingerprint density at radius 3 is 2.39 bits per heavy atom. The first kappa shape index (κ1) is 20.2. The predicted molar refractivity (Wildman–Crippen MR) is 121 cm³/mol. The van der Waals surface area contributed by atoms with Gasteiger partial charge in [0.1, 0.15) is 0 Å². The molecule has 0 aromatic heterocycles. The first-order chi connectivity index (χ1) is 15.0. The zero-order valence-corrected chi connectivity index (χ0v) is 17.7. The van der Waals surface area contributed by atoms with Gasteiger partial charge in [-0.2, -0.15) is 0 Å². The fourth-order valence-corrected chi connectivity index (χ4v) is 5.15. The van der Waals surface area contributed by atoms with Gasteiger partial charge in [0.15, 0.2) is 6.23 Å². The SMILES string of the molecule is CC(CN1C(=O)c2cccc3cccc(c23)C1O)N1CCC(O)(c2ccccc2)CC1. The van der Waals surface area contributed by atoms with Crippen LogP contribution in [0.3, 0.4) is 0 Å². The summed E-state index contributed by atoms with van der Waals surface area (Å²) < 4.78 is 0. The number of benzene rings is 3. The Balaban J connectivity index is 1.31. The molecule has 0 saturated carbocycles. The highest BCUT2D eigenvalue weighted by atomic mass is 16.3. The molecule has 0 aliphatic carbocycles. The van der Waals surface area contributed by atoms with Crippen molar-refractivity contribution >= 4 is 16.7 Å². The predicted octanol–water partition coefficient (Wildman–Crippen LogP) is 3.66. The summed E-state index contributed by atoms with van der Waals surface area (Å²) in [6.45, 7) is 4.02. The largest absolute Gasteiger partial charge is 0.385 e. The van der Waals surface area contributed by atoms with Crippen LogP contribution in [0.15, 0.2) is 66.7 Å². The van der Waals surface area contributed by atoms with Crippen molar-refractivity contribution in [3.63, 3.8) is 0 Å². The van der Waals surface area contributed by atoms with Gasteiger partial charge in [0.05, 0.1) is 5.60 Å². The van der Waals surface area contributed by atoms with Gasteiger partial charge in [-0.1, -0.05) is 60.7 Å². The molecule has 160 valence electrons. The number of aliphatic hydroxyl groups excluding tert-OH is 1. The number of hydrogen-bond acceptors (Lipinski definition) is 4. The quantitative estimate of drug-likeness (QED) is 0.681. The Hall–Kier alpha value is -2.73. The summed E-state index contributed by atoms with van der Waals surface area (Å²) >= 11 is 0. The van der Waals surface area contributed by atoms with E-state index < -0.39 is 11.8 Å². The van der Waals surface area contributed by atoms with Crippen LogP contribution in [0.25, 0.3) is 10.8 Å². The highest BCUT2D eigenvalue weighted by Gasteiger charge is 2.38. The first-order valence-electron chi connectivity index (χ1n) is 11.0. The van der Waals surface area contributed by atoms with E-state index in [0.717, 1.165) is 35.0 Å². The van der Waals surface area contributed by atoms with E-state index in [1.807, 2.05) is 66.7 Å². The maximum atomic E-state index is 13.2. The molecule has 3 aromatic carbocycles. The summed E-state index contributed by atoms with van der Waals surface area (Å²) in [6.07, 6.45) is 0.361. The van der Waals surface area contributed by atoms with Crippen LogP contribution in [0.5, 0.6) is 0 Å². The summed E-state index contributed by atoms with van der Waals surface area (Å²) in [5, 5.41) is 24.0. The van der Waals surface area contributed by atoms with Crippen molar-refractivity contribution in [1.29, 1.82) is 0 Å². The van der Waals surface area contributed by atoms with Crippen molar-refractivity contribution in [1.82, 2.24) is 9.80 Å². The average Bonchev–Trinajstić information content (AvgIpc) is 2.81. The molecule has 31 heavy (non-hydrogen) atoms. The molecule has 2 aliphatic heterocycles. The number of rotatable bonds is 4. The Kier molecular flexibility index (Phi) is 5.05. The number of likely N-dealkylation sites (tertiary alicyclic amines) is 1. The van der Waals surface area contributed by atoms with Crippen LogP contribution in [-0.2, 0) is 5.60 Å². The summed E-state index contributed by atoms with van der Waals surface area (Å²) in [6, 6.07) is 21.5. The lowest BCUT2D eigenvalue weighted by molar-refractivity contribution is -0.0456. The van der Waals surface area contributed by atoms with E-state index in [1.165, 1.54) is 0 Å². The maximum Gasteiger partial charge on any atom is 0.256 e. The van der Waals surface area contributed by atoms with E-state index in [9.17, 15) is 15.0 Å². The highest BCUT2D eigenvalue weighted by Crippen LogP contribution is 2.37. The number of piperidine rings is 1. The molecule has 1 fully saturated rings. The summed E-state index contributed by atoms with van der Waals surface area (Å²) in [7, 11) is 0. The highest BCUT2D eigenvalue weighted by molar-refractivity contribution is 6.10. The van der Waals surface area contributed by atoms with Crippen LogP contribution in [0.4, 0.5) is 0 Å². The molecular weight excluding hydrogens is 388 g/mol. The van der Waals surface area contributed by atoms with Gasteiger partial charge in [0.25, 0.3) is 5.91 Å². The minimum absolute atomic E-state index is 0.0726. The number of amides is 1. The normalized spacial score (nSPS) is 22.0. The minimum atomic E-state index is -0.945. The van der Waals surface area contributed by atoms with Crippen LogP contribution in [-0.4, -0.2) is 51.6 Å². The van der Waals surface area contributed by atoms with Gasteiger partial charge in [0, 0.05) is 42.2 Å². The van der Waals surface area contributed by atoms with E-state index in [2.05, 4.69) is 11.8 Å². The van der Waals surface area contributed by atoms with E-state index >= 15 is 0 Å². The van der Waals surface area contributed by atoms with Gasteiger partial charge in [-0.25, -0.2) is 0 Å². The average molecular weight is 417 g/mol. The number of hydrogen-bond donors (Lipinski definition) is 2. The van der Waals surface area contributed by atoms with Crippen molar-refractivity contribution in [2.45, 2.75) is 37.6 Å². The Bertz CT molecular complexity index is 1100. The lowest BCUT2D eigenvalue weighted by atomic mass is 9.84. The second kappa shape index (κ2) is 7.75. The second-order valence-electron chi connectivity index (χ2n) is 8.86. The van der Waals surface area contributed by atoms with Gasteiger partial charge in [0.2, 0.25) is 0 Å². The number of aliphatic hydroxyl groups is 2. The number of carbonyl (C=O) groups is 1. The molecule has 2 N–H and O–H groups in total. The molecule has 1 saturated heterocycles. The molecule has 2 aliphatic rings. The van der Waals surface area contributed by atoms with Gasteiger partial charge in [-0.15, -0.1) is 0 Å². The standard InChI is InChI=1S/C26H28N2O3/c1-18(27-15-13-26(31,14-16-27)20-9-3-2-4-10-20)17-28-24(29)21-11-5-7-19-8-6-12-22(23(19)21)25(28)30/h2-12,18,24,29,31H,13-17H2,1H3. The van der Waals surface area contributed by atoms with Gasteiger partial charge < -0.3 is 15.1 Å². The Morgan fingerprint density at radius 1 is 1.00 bits per heavy atom.